The molecule has 0 aliphatic rings. The fourth-order valence-electron chi connectivity index (χ4n) is 2.18. The lowest BCUT2D eigenvalue weighted by atomic mass is 10.3. The van der Waals surface area contributed by atoms with Gasteiger partial charge in [-0.3, -0.25) is 9.36 Å². The third-order valence-electron chi connectivity index (χ3n) is 3.57. The predicted molar refractivity (Wildman–Crippen MR) is 91.4 cm³/mol. The molecule has 0 spiro atoms. The van der Waals surface area contributed by atoms with Gasteiger partial charge in [0.1, 0.15) is 0 Å². The Bertz CT molecular complexity index is 630. The Balaban J connectivity index is 1.86. The van der Waals surface area contributed by atoms with Crippen molar-refractivity contribution in [3.63, 3.8) is 0 Å². The molecule has 2 aromatic rings. The van der Waals surface area contributed by atoms with Crippen LogP contribution in [0.15, 0.2) is 18.5 Å². The fourth-order valence-corrected chi connectivity index (χ4v) is 2.32. The molecule has 0 aliphatic carbocycles. The van der Waals surface area contributed by atoms with E-state index < -0.39 is 0 Å². The van der Waals surface area contributed by atoms with Crippen LogP contribution < -0.4 is 5.32 Å². The van der Waals surface area contributed by atoms with Gasteiger partial charge in [-0.2, -0.15) is 10.2 Å². The topological polar surface area (TPSA) is 50.9 Å². The zero-order chi connectivity index (χ0) is 16.1. The SMILES string of the molecule is CCn1ccc(CN(C)C(=S)NCc2cn(CC)nc2C)n1. The van der Waals surface area contributed by atoms with E-state index in [1.54, 1.807) is 0 Å². The van der Waals surface area contributed by atoms with Gasteiger partial charge >= 0.3 is 0 Å². The molecule has 0 atom stereocenters. The zero-order valence-corrected chi connectivity index (χ0v) is 14.5. The summed E-state index contributed by atoms with van der Waals surface area (Å²) in [6.07, 6.45) is 4.05. The molecule has 2 heterocycles. The van der Waals surface area contributed by atoms with Crippen LogP contribution in [-0.2, 0) is 26.2 Å². The van der Waals surface area contributed by atoms with Crippen LogP contribution in [0.25, 0.3) is 0 Å². The minimum Gasteiger partial charge on any atom is -0.358 e. The summed E-state index contributed by atoms with van der Waals surface area (Å²) >= 11 is 5.44. The highest BCUT2D eigenvalue weighted by molar-refractivity contribution is 7.80. The second-order valence-electron chi connectivity index (χ2n) is 5.27. The largest absolute Gasteiger partial charge is 0.358 e. The van der Waals surface area contributed by atoms with Crippen molar-refractivity contribution < 1.29 is 0 Å². The van der Waals surface area contributed by atoms with Crippen LogP contribution in [0.1, 0.15) is 30.8 Å². The smallest absolute Gasteiger partial charge is 0.169 e. The number of hydrogen-bond donors (Lipinski definition) is 1. The van der Waals surface area contributed by atoms with E-state index in [4.69, 9.17) is 12.2 Å². The number of nitrogens with one attached hydrogen (secondary N) is 1. The van der Waals surface area contributed by atoms with Gasteiger partial charge in [-0.1, -0.05) is 0 Å². The Kier molecular flexibility index (Phi) is 5.54. The van der Waals surface area contributed by atoms with Crippen molar-refractivity contribution in [2.45, 2.75) is 47.0 Å². The summed E-state index contributed by atoms with van der Waals surface area (Å²) in [5.41, 5.74) is 3.23. The Morgan fingerprint density at radius 2 is 2.00 bits per heavy atom. The van der Waals surface area contributed by atoms with Crippen molar-refractivity contribution in [2.24, 2.45) is 0 Å². The van der Waals surface area contributed by atoms with E-state index in [9.17, 15) is 0 Å². The standard InChI is InChI=1S/C15H24N6S/c1-5-20-8-7-14(18-20)11-19(4)15(22)16-9-13-10-21(6-2)17-12(13)3/h7-8,10H,5-6,9,11H2,1-4H3,(H,16,22). The van der Waals surface area contributed by atoms with Gasteiger partial charge in [0.05, 0.1) is 17.9 Å². The van der Waals surface area contributed by atoms with Gasteiger partial charge < -0.3 is 10.2 Å². The van der Waals surface area contributed by atoms with Crippen LogP contribution in [0.5, 0.6) is 0 Å². The quantitative estimate of drug-likeness (QED) is 0.824. The molecule has 2 rings (SSSR count). The molecule has 120 valence electrons. The van der Waals surface area contributed by atoms with Crippen LogP contribution in [0.2, 0.25) is 0 Å². The van der Waals surface area contributed by atoms with Gasteiger partial charge in [0, 0.05) is 44.6 Å². The molecule has 7 heteroatoms. The van der Waals surface area contributed by atoms with Gasteiger partial charge in [0.15, 0.2) is 5.11 Å². The lowest BCUT2D eigenvalue weighted by Crippen LogP contribution is -2.36. The minimum absolute atomic E-state index is 0.693. The van der Waals surface area contributed by atoms with Crippen LogP contribution in [0.3, 0.4) is 0 Å². The van der Waals surface area contributed by atoms with E-state index >= 15 is 0 Å². The van der Waals surface area contributed by atoms with Crippen molar-refractivity contribution in [2.75, 3.05) is 7.05 Å². The first-order valence-corrected chi connectivity index (χ1v) is 7.98. The predicted octanol–water partition coefficient (Wildman–Crippen LogP) is 1.93. The van der Waals surface area contributed by atoms with E-state index in [1.807, 2.05) is 40.5 Å². The molecule has 2 aromatic heterocycles. The Labute approximate surface area is 137 Å². The van der Waals surface area contributed by atoms with Crippen molar-refractivity contribution in [3.8, 4) is 0 Å². The molecule has 6 nitrogen and oxygen atoms in total. The molecular formula is C15H24N6S. The molecule has 0 bridgehead atoms. The summed E-state index contributed by atoms with van der Waals surface area (Å²) in [4.78, 5) is 2.00. The van der Waals surface area contributed by atoms with E-state index in [0.29, 0.717) is 13.1 Å². The lowest BCUT2D eigenvalue weighted by Gasteiger charge is -2.19. The minimum atomic E-state index is 0.693. The second kappa shape index (κ2) is 7.40. The molecule has 0 unspecified atom stereocenters. The van der Waals surface area contributed by atoms with E-state index in [-0.39, 0.29) is 0 Å². The monoisotopic (exact) mass is 320 g/mol. The third kappa shape index (κ3) is 4.07. The van der Waals surface area contributed by atoms with Gasteiger partial charge in [0.25, 0.3) is 0 Å². The molecular weight excluding hydrogens is 296 g/mol. The molecule has 0 radical (unpaired) electrons. The van der Waals surface area contributed by atoms with Crippen molar-refractivity contribution in [1.82, 2.24) is 29.8 Å². The Morgan fingerprint density at radius 3 is 2.59 bits per heavy atom. The van der Waals surface area contributed by atoms with Crippen LogP contribution in [-0.4, -0.2) is 36.6 Å². The summed E-state index contributed by atoms with van der Waals surface area (Å²) in [6.45, 7) is 9.33. The average Bonchev–Trinajstić information content (AvgIpc) is 3.11. The third-order valence-corrected chi connectivity index (χ3v) is 4.02. The van der Waals surface area contributed by atoms with Crippen LogP contribution in [0, 0.1) is 6.92 Å². The van der Waals surface area contributed by atoms with Gasteiger partial charge in [0.2, 0.25) is 0 Å². The van der Waals surface area contributed by atoms with E-state index in [1.165, 1.54) is 5.56 Å². The van der Waals surface area contributed by atoms with E-state index in [0.717, 1.165) is 29.6 Å². The Hall–Kier alpha value is -1.89. The maximum Gasteiger partial charge on any atom is 0.169 e. The highest BCUT2D eigenvalue weighted by Gasteiger charge is 2.09. The molecule has 22 heavy (non-hydrogen) atoms. The zero-order valence-electron chi connectivity index (χ0n) is 13.7. The van der Waals surface area contributed by atoms with Gasteiger partial charge in [-0.15, -0.1) is 0 Å². The van der Waals surface area contributed by atoms with E-state index in [2.05, 4.69) is 35.6 Å². The van der Waals surface area contributed by atoms with Crippen LogP contribution in [0.4, 0.5) is 0 Å². The molecule has 0 aliphatic heterocycles. The normalized spacial score (nSPS) is 10.7. The maximum atomic E-state index is 5.44. The summed E-state index contributed by atoms with van der Waals surface area (Å²) in [6, 6.07) is 2.03. The number of aryl methyl sites for hydroxylation is 3. The summed E-state index contributed by atoms with van der Waals surface area (Å²) in [5, 5.41) is 12.9. The summed E-state index contributed by atoms with van der Waals surface area (Å²) in [5.74, 6) is 0. The molecule has 1 N–H and O–H groups in total. The number of rotatable bonds is 6. The summed E-state index contributed by atoms with van der Waals surface area (Å²) < 4.78 is 3.86. The highest BCUT2D eigenvalue weighted by atomic mass is 32.1. The second-order valence-corrected chi connectivity index (χ2v) is 5.66. The van der Waals surface area contributed by atoms with Gasteiger partial charge in [-0.05, 0) is 39.1 Å². The molecule has 0 aromatic carbocycles. The molecule has 0 saturated carbocycles. The number of aromatic nitrogens is 4. The number of hydrogen-bond acceptors (Lipinski definition) is 3. The van der Waals surface area contributed by atoms with Crippen molar-refractivity contribution >= 4 is 17.3 Å². The molecule has 0 fully saturated rings. The van der Waals surface area contributed by atoms with Crippen LogP contribution >= 0.6 is 12.2 Å². The Morgan fingerprint density at radius 1 is 1.27 bits per heavy atom. The number of nitrogens with zero attached hydrogens (tertiary/aromatic N) is 5. The first-order valence-electron chi connectivity index (χ1n) is 7.57. The maximum absolute atomic E-state index is 5.44. The number of thiocarbonyl (C=S) groups is 1. The highest BCUT2D eigenvalue weighted by Crippen LogP contribution is 2.06. The van der Waals surface area contributed by atoms with Crippen molar-refractivity contribution in [1.29, 1.82) is 0 Å². The molecule has 0 saturated heterocycles. The first kappa shape index (κ1) is 16.5. The fraction of sp³-hybridized carbons (Fsp3) is 0.533. The average molecular weight is 320 g/mol. The summed E-state index contributed by atoms with van der Waals surface area (Å²) in [7, 11) is 1.97. The molecule has 0 amide bonds. The first-order chi connectivity index (χ1) is 10.5. The van der Waals surface area contributed by atoms with Gasteiger partial charge in [-0.25, -0.2) is 0 Å². The lowest BCUT2D eigenvalue weighted by molar-refractivity contribution is 0.475. The van der Waals surface area contributed by atoms with Crippen molar-refractivity contribution in [3.05, 3.63) is 35.4 Å².